The zero-order valence-electron chi connectivity index (χ0n) is 3.19. The molecule has 0 heterocycles. The second kappa shape index (κ2) is 3.98. The van der Waals surface area contributed by atoms with Crippen LogP contribution in [-0.4, -0.2) is 14.6 Å². The Morgan fingerprint density at radius 1 is 2.00 bits per heavy atom. The van der Waals surface area contributed by atoms with Crippen molar-refractivity contribution < 1.29 is 4.76 Å². The summed E-state index contributed by atoms with van der Waals surface area (Å²) in [7, 11) is 4.53. The molecule has 0 saturated heterocycles. The molecule has 1 N–H and O–H groups in total. The minimum atomic E-state index is 0.747. The molecule has 0 saturated carbocycles. The van der Waals surface area contributed by atoms with E-state index < -0.39 is 0 Å². The Kier molecular flexibility index (Phi) is 3.97. The van der Waals surface area contributed by atoms with E-state index in [1.807, 2.05) is 6.92 Å². The van der Waals surface area contributed by atoms with Crippen LogP contribution in [0, 0.1) is 0 Å². The molecule has 2 nitrogen and oxygen atoms in total. The molecule has 2 radical (unpaired) electrons. The minimum absolute atomic E-state index is 0.747. The van der Waals surface area contributed by atoms with Gasteiger partial charge in [-0.1, -0.05) is 6.92 Å². The SMILES string of the molecule is [B]ONCC. The third-order valence-electron chi connectivity index (χ3n) is 0.228. The van der Waals surface area contributed by atoms with Gasteiger partial charge in [-0.25, -0.2) is 5.48 Å². The maximum Gasteiger partial charge on any atom is 0.316 e. The third kappa shape index (κ3) is 3.98. The predicted molar refractivity (Wildman–Crippen MR) is 20.5 cm³/mol. The van der Waals surface area contributed by atoms with Gasteiger partial charge < -0.3 is 4.76 Å². The Labute approximate surface area is 32.9 Å². The lowest BCUT2D eigenvalue weighted by atomic mass is 10.6. The fraction of sp³-hybridized carbons (Fsp3) is 1.00. The fourth-order valence-electron chi connectivity index (χ4n) is 0.0833. The molecule has 0 spiro atoms. The van der Waals surface area contributed by atoms with E-state index in [1.165, 1.54) is 0 Å². The van der Waals surface area contributed by atoms with Crippen molar-refractivity contribution in [2.45, 2.75) is 6.92 Å². The van der Waals surface area contributed by atoms with Gasteiger partial charge in [0.25, 0.3) is 0 Å². The average molecular weight is 70.9 g/mol. The van der Waals surface area contributed by atoms with E-state index in [1.54, 1.807) is 0 Å². The van der Waals surface area contributed by atoms with Crippen molar-refractivity contribution in [2.75, 3.05) is 6.54 Å². The lowest BCUT2D eigenvalue weighted by molar-refractivity contribution is 0.225. The second-order valence-corrected chi connectivity index (χ2v) is 0.616. The number of hydroxylamine groups is 1. The van der Waals surface area contributed by atoms with Crippen LogP contribution in [0.1, 0.15) is 6.92 Å². The van der Waals surface area contributed by atoms with Gasteiger partial charge in [0.05, 0.1) is 0 Å². The van der Waals surface area contributed by atoms with Crippen LogP contribution >= 0.6 is 0 Å². The standard InChI is InChI=1S/C2H6BNO/c1-2-4-5-3/h4H,2H2,1H3. The van der Waals surface area contributed by atoms with E-state index in [9.17, 15) is 0 Å². The third-order valence-corrected chi connectivity index (χ3v) is 0.228. The Morgan fingerprint density at radius 3 is 2.60 bits per heavy atom. The molecular weight excluding hydrogens is 64.8 g/mol. The van der Waals surface area contributed by atoms with E-state index >= 15 is 0 Å². The van der Waals surface area contributed by atoms with Crippen LogP contribution in [0.3, 0.4) is 0 Å². The molecule has 0 unspecified atom stereocenters. The van der Waals surface area contributed by atoms with Crippen LogP contribution < -0.4 is 5.48 Å². The van der Waals surface area contributed by atoms with Crippen LogP contribution in [0.25, 0.3) is 0 Å². The molecule has 0 aliphatic heterocycles. The summed E-state index contributed by atoms with van der Waals surface area (Å²) in [6.45, 7) is 2.64. The summed E-state index contributed by atoms with van der Waals surface area (Å²) in [5, 5.41) is 0. The van der Waals surface area contributed by atoms with Crippen molar-refractivity contribution in [3.63, 3.8) is 0 Å². The highest BCUT2D eigenvalue weighted by molar-refractivity contribution is 5.97. The number of rotatable bonds is 2. The van der Waals surface area contributed by atoms with Gasteiger partial charge in [0.15, 0.2) is 0 Å². The van der Waals surface area contributed by atoms with Gasteiger partial charge in [0.2, 0.25) is 0 Å². The monoisotopic (exact) mass is 71.1 g/mol. The molecule has 0 aromatic rings. The van der Waals surface area contributed by atoms with Crippen LogP contribution in [-0.2, 0) is 4.76 Å². The minimum Gasteiger partial charge on any atom is -0.377 e. The second-order valence-electron chi connectivity index (χ2n) is 0.616. The van der Waals surface area contributed by atoms with Crippen molar-refractivity contribution in [2.24, 2.45) is 0 Å². The maximum atomic E-state index is 4.53. The summed E-state index contributed by atoms with van der Waals surface area (Å²) in [5.74, 6) is 0. The number of hydrogen-bond acceptors (Lipinski definition) is 2. The van der Waals surface area contributed by atoms with Crippen molar-refractivity contribution >= 4 is 8.05 Å². The molecule has 0 rings (SSSR count). The lowest BCUT2D eigenvalue weighted by Crippen LogP contribution is -2.09. The van der Waals surface area contributed by atoms with E-state index in [0.29, 0.717) is 0 Å². The van der Waals surface area contributed by atoms with Crippen LogP contribution in [0.2, 0.25) is 0 Å². The van der Waals surface area contributed by atoms with Crippen molar-refractivity contribution in [3.8, 4) is 0 Å². The summed E-state index contributed by atoms with van der Waals surface area (Å²) in [6.07, 6.45) is 0. The zero-order valence-corrected chi connectivity index (χ0v) is 3.19. The molecule has 0 fully saturated rings. The molecule has 0 aromatic heterocycles. The highest BCUT2D eigenvalue weighted by Crippen LogP contribution is 1.45. The first-order chi connectivity index (χ1) is 2.41. The van der Waals surface area contributed by atoms with Gasteiger partial charge in [-0.05, 0) is 0 Å². The summed E-state index contributed by atoms with van der Waals surface area (Å²) in [4.78, 5) is 0. The normalized spacial score (nSPS) is 8.20. The summed E-state index contributed by atoms with van der Waals surface area (Å²) in [6, 6.07) is 0. The Bertz CT molecular complexity index is 17.1. The highest BCUT2D eigenvalue weighted by Gasteiger charge is 1.61. The van der Waals surface area contributed by atoms with Gasteiger partial charge in [-0.3, -0.25) is 0 Å². The first kappa shape index (κ1) is 4.98. The number of nitrogens with one attached hydrogen (secondary N) is 1. The molecule has 3 heteroatoms. The number of hydrogen-bond donors (Lipinski definition) is 1. The molecule has 28 valence electrons. The average Bonchev–Trinajstić information content (AvgIpc) is 1.41. The van der Waals surface area contributed by atoms with Gasteiger partial charge in [-0.15, -0.1) is 0 Å². The lowest BCUT2D eigenvalue weighted by Gasteiger charge is -1.89. The van der Waals surface area contributed by atoms with E-state index in [-0.39, 0.29) is 0 Å². The van der Waals surface area contributed by atoms with Gasteiger partial charge in [0.1, 0.15) is 0 Å². The summed E-state index contributed by atoms with van der Waals surface area (Å²) < 4.78 is 3.94. The first-order valence-electron chi connectivity index (χ1n) is 1.50. The quantitative estimate of drug-likeness (QED) is 0.353. The van der Waals surface area contributed by atoms with Gasteiger partial charge >= 0.3 is 8.05 Å². The maximum absolute atomic E-state index is 4.53. The van der Waals surface area contributed by atoms with Gasteiger partial charge in [0, 0.05) is 6.54 Å². The molecular formula is C2H6BNO. The Hall–Kier alpha value is -0.0151. The van der Waals surface area contributed by atoms with Crippen LogP contribution in [0.4, 0.5) is 0 Å². The predicted octanol–water partition coefficient (Wildman–Crippen LogP) is -0.389. The van der Waals surface area contributed by atoms with E-state index in [4.69, 9.17) is 0 Å². The Balaban J connectivity index is 2.19. The largest absolute Gasteiger partial charge is 0.377 e. The van der Waals surface area contributed by atoms with E-state index in [0.717, 1.165) is 6.54 Å². The molecule has 0 bridgehead atoms. The van der Waals surface area contributed by atoms with Crippen molar-refractivity contribution in [1.82, 2.24) is 5.48 Å². The fourth-order valence-corrected chi connectivity index (χ4v) is 0.0833. The summed E-state index contributed by atoms with van der Waals surface area (Å²) >= 11 is 0. The van der Waals surface area contributed by atoms with Gasteiger partial charge in [-0.2, -0.15) is 0 Å². The molecule has 0 aromatic carbocycles. The Morgan fingerprint density at radius 2 is 2.60 bits per heavy atom. The van der Waals surface area contributed by atoms with Crippen molar-refractivity contribution in [3.05, 3.63) is 0 Å². The molecule has 0 amide bonds. The van der Waals surface area contributed by atoms with E-state index in [2.05, 4.69) is 18.3 Å². The molecule has 0 aliphatic carbocycles. The topological polar surface area (TPSA) is 21.3 Å². The first-order valence-corrected chi connectivity index (χ1v) is 1.50. The zero-order chi connectivity index (χ0) is 4.12. The smallest absolute Gasteiger partial charge is 0.316 e. The molecule has 5 heavy (non-hydrogen) atoms. The van der Waals surface area contributed by atoms with Crippen LogP contribution in [0.5, 0.6) is 0 Å². The van der Waals surface area contributed by atoms with Crippen LogP contribution in [0.15, 0.2) is 0 Å². The molecule has 0 aliphatic rings. The van der Waals surface area contributed by atoms with Crippen molar-refractivity contribution in [1.29, 1.82) is 0 Å². The molecule has 0 atom stereocenters. The highest BCUT2D eigenvalue weighted by atomic mass is 16.6. The summed E-state index contributed by atoms with van der Waals surface area (Å²) in [5.41, 5.74) is 2.39.